The van der Waals surface area contributed by atoms with E-state index >= 15 is 0 Å². The monoisotopic (exact) mass is 486 g/mol. The second kappa shape index (κ2) is 10.5. The Morgan fingerprint density at radius 3 is 2.45 bits per heavy atom. The summed E-state index contributed by atoms with van der Waals surface area (Å²) < 4.78 is 32.9. The lowest BCUT2D eigenvalue weighted by Crippen LogP contribution is -2.22. The number of rotatable bonds is 8. The average Bonchev–Trinajstić information content (AvgIpc) is 2.78. The fraction of sp³-hybridized carbons (Fsp3) is 0.167. The predicted octanol–water partition coefficient (Wildman–Crippen LogP) is 4.81. The van der Waals surface area contributed by atoms with Gasteiger partial charge in [0, 0.05) is 10.7 Å². The molecular formula is C24H23ClN2O5S. The molecule has 0 saturated carbocycles. The van der Waals surface area contributed by atoms with Crippen LogP contribution in [0.5, 0.6) is 0 Å². The van der Waals surface area contributed by atoms with Crippen LogP contribution in [0.3, 0.4) is 0 Å². The topological polar surface area (TPSA) is 102 Å². The number of hydrogen-bond donors (Lipinski definition) is 2. The molecule has 0 saturated heterocycles. The van der Waals surface area contributed by atoms with Crippen molar-refractivity contribution in [3.8, 4) is 0 Å². The van der Waals surface area contributed by atoms with Crippen LogP contribution in [0.4, 0.5) is 11.4 Å². The molecule has 0 aliphatic heterocycles. The molecule has 0 heterocycles. The first kappa shape index (κ1) is 24.3. The molecule has 0 fully saturated rings. The van der Waals surface area contributed by atoms with Gasteiger partial charge in [-0.05, 0) is 60.9 Å². The zero-order valence-corrected chi connectivity index (χ0v) is 19.7. The van der Waals surface area contributed by atoms with Crippen LogP contribution in [0.2, 0.25) is 5.02 Å². The molecule has 9 heteroatoms. The largest absolute Gasteiger partial charge is 0.452 e. The Morgan fingerprint density at radius 2 is 1.73 bits per heavy atom. The van der Waals surface area contributed by atoms with Gasteiger partial charge in [-0.2, -0.15) is 0 Å². The lowest BCUT2D eigenvalue weighted by Gasteiger charge is -2.13. The van der Waals surface area contributed by atoms with Crippen molar-refractivity contribution in [1.82, 2.24) is 0 Å². The zero-order chi connectivity index (χ0) is 24.0. The third kappa shape index (κ3) is 6.34. The number of aryl methyl sites for hydroxylation is 2. The molecule has 7 nitrogen and oxygen atoms in total. The molecule has 33 heavy (non-hydrogen) atoms. The minimum Gasteiger partial charge on any atom is -0.452 e. The van der Waals surface area contributed by atoms with E-state index in [-0.39, 0.29) is 16.1 Å². The van der Waals surface area contributed by atoms with Crippen molar-refractivity contribution >= 4 is 44.9 Å². The van der Waals surface area contributed by atoms with Gasteiger partial charge in [0.15, 0.2) is 6.61 Å². The van der Waals surface area contributed by atoms with Crippen LogP contribution in [0.1, 0.15) is 28.4 Å². The molecule has 0 radical (unpaired) electrons. The zero-order valence-electron chi connectivity index (χ0n) is 18.1. The SMILES string of the molecule is CCc1cccc(C)c1NC(=O)COC(=O)c1cccc(S(=O)(=O)Nc2cccc(Cl)c2)c1. The van der Waals surface area contributed by atoms with E-state index in [0.717, 1.165) is 17.5 Å². The Morgan fingerprint density at radius 1 is 1.00 bits per heavy atom. The molecule has 2 N–H and O–H groups in total. The van der Waals surface area contributed by atoms with Gasteiger partial charge in [-0.15, -0.1) is 0 Å². The highest BCUT2D eigenvalue weighted by atomic mass is 35.5. The van der Waals surface area contributed by atoms with Gasteiger partial charge in [0.1, 0.15) is 0 Å². The summed E-state index contributed by atoms with van der Waals surface area (Å²) in [6.07, 6.45) is 0.738. The number of amides is 1. The van der Waals surface area contributed by atoms with E-state index in [1.807, 2.05) is 32.0 Å². The number of anilines is 2. The minimum absolute atomic E-state index is 0.00177. The fourth-order valence-corrected chi connectivity index (χ4v) is 4.43. The highest BCUT2D eigenvalue weighted by Gasteiger charge is 2.18. The summed E-state index contributed by atoms with van der Waals surface area (Å²) in [6.45, 7) is 3.35. The molecule has 3 rings (SSSR count). The summed E-state index contributed by atoms with van der Waals surface area (Å²) in [5.41, 5.74) is 2.86. The summed E-state index contributed by atoms with van der Waals surface area (Å²) in [5, 5.41) is 3.15. The molecule has 0 unspecified atom stereocenters. The normalized spacial score (nSPS) is 11.0. The van der Waals surface area contributed by atoms with Crippen LogP contribution in [0.25, 0.3) is 0 Å². The molecule has 0 bridgehead atoms. The second-order valence-electron chi connectivity index (χ2n) is 7.23. The molecule has 1 amide bonds. The standard InChI is InChI=1S/C24H23ClN2O5S/c1-3-17-8-4-7-16(2)23(17)26-22(28)15-32-24(29)18-9-5-12-21(13-18)33(30,31)27-20-11-6-10-19(25)14-20/h4-14,27H,3,15H2,1-2H3,(H,26,28). The van der Waals surface area contributed by atoms with Crippen LogP contribution in [0.15, 0.2) is 71.6 Å². The summed E-state index contributed by atoms with van der Waals surface area (Å²) in [5.74, 6) is -1.30. The smallest absolute Gasteiger partial charge is 0.338 e. The maximum atomic E-state index is 12.7. The molecule has 0 aliphatic rings. The van der Waals surface area contributed by atoms with Crippen LogP contribution in [-0.4, -0.2) is 26.9 Å². The van der Waals surface area contributed by atoms with Gasteiger partial charge in [0.2, 0.25) is 0 Å². The first-order valence-electron chi connectivity index (χ1n) is 10.1. The Hall–Kier alpha value is -3.36. The Bertz CT molecular complexity index is 1290. The van der Waals surface area contributed by atoms with Crippen LogP contribution in [0, 0.1) is 6.92 Å². The molecular weight excluding hydrogens is 464 g/mol. The molecule has 0 aliphatic carbocycles. The molecule has 0 spiro atoms. The van der Waals surface area contributed by atoms with E-state index < -0.39 is 28.5 Å². The maximum Gasteiger partial charge on any atom is 0.338 e. The summed E-state index contributed by atoms with van der Waals surface area (Å²) in [6, 6.07) is 17.3. The van der Waals surface area contributed by atoms with E-state index in [0.29, 0.717) is 10.7 Å². The first-order valence-corrected chi connectivity index (χ1v) is 12.0. The molecule has 3 aromatic carbocycles. The number of nitrogens with one attached hydrogen (secondary N) is 2. The number of ether oxygens (including phenoxy) is 1. The van der Waals surface area contributed by atoms with E-state index in [2.05, 4.69) is 10.0 Å². The average molecular weight is 487 g/mol. The van der Waals surface area contributed by atoms with Crippen LogP contribution in [-0.2, 0) is 26.0 Å². The van der Waals surface area contributed by atoms with Crippen molar-refractivity contribution in [2.24, 2.45) is 0 Å². The summed E-state index contributed by atoms with van der Waals surface area (Å²) in [4.78, 5) is 24.6. The van der Waals surface area contributed by atoms with Crippen LogP contribution >= 0.6 is 11.6 Å². The molecule has 0 aromatic heterocycles. The van der Waals surface area contributed by atoms with Gasteiger partial charge in [-0.1, -0.05) is 48.9 Å². The Labute approximate surface area is 197 Å². The summed E-state index contributed by atoms with van der Waals surface area (Å²) in [7, 11) is -3.97. The molecule has 172 valence electrons. The van der Waals surface area contributed by atoms with Crippen molar-refractivity contribution in [2.75, 3.05) is 16.6 Å². The number of hydrogen-bond acceptors (Lipinski definition) is 5. The van der Waals surface area contributed by atoms with Gasteiger partial charge >= 0.3 is 5.97 Å². The lowest BCUT2D eigenvalue weighted by molar-refractivity contribution is -0.119. The van der Waals surface area contributed by atoms with E-state index in [1.54, 1.807) is 18.2 Å². The van der Waals surface area contributed by atoms with Crippen molar-refractivity contribution in [2.45, 2.75) is 25.2 Å². The van der Waals surface area contributed by atoms with Crippen LogP contribution < -0.4 is 10.0 Å². The maximum absolute atomic E-state index is 12.7. The number of carbonyl (C=O) groups excluding carboxylic acids is 2. The summed E-state index contributed by atoms with van der Waals surface area (Å²) >= 11 is 5.89. The van der Waals surface area contributed by atoms with Gasteiger partial charge in [0.25, 0.3) is 15.9 Å². The van der Waals surface area contributed by atoms with Gasteiger partial charge in [-0.3, -0.25) is 9.52 Å². The predicted molar refractivity (Wildman–Crippen MR) is 128 cm³/mol. The number of sulfonamides is 1. The molecule has 0 atom stereocenters. The van der Waals surface area contributed by atoms with Crippen molar-refractivity contribution < 1.29 is 22.7 Å². The van der Waals surface area contributed by atoms with Crippen molar-refractivity contribution in [1.29, 1.82) is 0 Å². The fourth-order valence-electron chi connectivity index (χ4n) is 3.15. The quantitative estimate of drug-likeness (QED) is 0.445. The highest BCUT2D eigenvalue weighted by Crippen LogP contribution is 2.22. The van der Waals surface area contributed by atoms with Gasteiger partial charge < -0.3 is 10.1 Å². The highest BCUT2D eigenvalue weighted by molar-refractivity contribution is 7.92. The van der Waals surface area contributed by atoms with Gasteiger partial charge in [0.05, 0.1) is 16.1 Å². The lowest BCUT2D eigenvalue weighted by atomic mass is 10.1. The van der Waals surface area contributed by atoms with Crippen molar-refractivity contribution in [3.63, 3.8) is 0 Å². The van der Waals surface area contributed by atoms with Crippen molar-refractivity contribution in [3.05, 3.63) is 88.4 Å². The minimum atomic E-state index is -3.97. The van der Waals surface area contributed by atoms with E-state index in [9.17, 15) is 18.0 Å². The van der Waals surface area contributed by atoms with Gasteiger partial charge in [-0.25, -0.2) is 13.2 Å². The Kier molecular flexibility index (Phi) is 7.73. The number of carbonyl (C=O) groups is 2. The number of para-hydroxylation sites is 1. The van der Waals surface area contributed by atoms with E-state index in [1.165, 1.54) is 30.3 Å². The van der Waals surface area contributed by atoms with E-state index in [4.69, 9.17) is 16.3 Å². The first-order chi connectivity index (χ1) is 15.7. The molecule has 3 aromatic rings. The number of esters is 1. The Balaban J connectivity index is 1.67. The third-order valence-electron chi connectivity index (χ3n) is 4.80. The number of benzene rings is 3. The number of halogens is 1. The third-order valence-corrected chi connectivity index (χ3v) is 6.41. The second-order valence-corrected chi connectivity index (χ2v) is 9.35.